The van der Waals surface area contributed by atoms with Crippen LogP contribution in [0.15, 0.2) is 43.1 Å². The van der Waals surface area contributed by atoms with Crippen LogP contribution in [0.3, 0.4) is 0 Å². The molecule has 4 aromatic rings. The van der Waals surface area contributed by atoms with E-state index >= 15 is 0 Å². The number of aromatic amines is 1. The van der Waals surface area contributed by atoms with Gasteiger partial charge in [-0.25, -0.2) is 14.5 Å². The van der Waals surface area contributed by atoms with Gasteiger partial charge in [0.05, 0.1) is 11.9 Å². The van der Waals surface area contributed by atoms with Gasteiger partial charge in [-0.15, -0.1) is 0 Å². The molecule has 5 heterocycles. The van der Waals surface area contributed by atoms with Gasteiger partial charge in [-0.1, -0.05) is 0 Å². The molecule has 2 N–H and O–H groups in total. The minimum atomic E-state index is -0.289. The second kappa shape index (κ2) is 7.95. The highest BCUT2D eigenvalue weighted by molar-refractivity contribution is 6.07. The molecule has 0 radical (unpaired) electrons. The highest BCUT2D eigenvalue weighted by atomic mass is 16.1. The Morgan fingerprint density at radius 3 is 2.81 bits per heavy atom. The minimum absolute atomic E-state index is 0.289. The topological polar surface area (TPSA) is 109 Å². The number of H-pyrrole nitrogens is 1. The second-order valence-electron chi connectivity index (χ2n) is 8.08. The summed E-state index contributed by atoms with van der Waals surface area (Å²) >= 11 is 0. The van der Waals surface area contributed by atoms with Gasteiger partial charge in [-0.05, 0) is 45.8 Å². The summed E-state index contributed by atoms with van der Waals surface area (Å²) in [4.78, 5) is 27.2. The van der Waals surface area contributed by atoms with Crippen molar-refractivity contribution < 1.29 is 4.79 Å². The summed E-state index contributed by atoms with van der Waals surface area (Å²) in [6.45, 7) is 6.56. The van der Waals surface area contributed by atoms with Crippen LogP contribution < -0.4 is 5.32 Å². The molecule has 0 aliphatic carbocycles. The molecular weight excluding hydrogens is 394 g/mol. The van der Waals surface area contributed by atoms with Crippen molar-refractivity contribution in [3.8, 4) is 5.95 Å². The smallest absolute Gasteiger partial charge is 0.262 e. The first-order chi connectivity index (χ1) is 15.1. The number of hydrogen-bond acceptors (Lipinski definition) is 6. The van der Waals surface area contributed by atoms with Crippen molar-refractivity contribution in [2.75, 3.05) is 18.4 Å². The SMILES string of the molecule is CC(C)N1CCC(c2cc(NC(=O)c3cnn4cccnc34)n(-c3ncc[nH]3)n2)CC1. The molecule has 1 aliphatic heterocycles. The Kier molecular flexibility index (Phi) is 4.99. The minimum Gasteiger partial charge on any atom is -0.329 e. The number of nitrogens with one attached hydrogen (secondary N) is 2. The van der Waals surface area contributed by atoms with E-state index in [1.54, 1.807) is 40.1 Å². The molecule has 4 aromatic heterocycles. The number of carbonyl (C=O) groups excluding carboxylic acids is 1. The summed E-state index contributed by atoms with van der Waals surface area (Å²) in [5.41, 5.74) is 1.87. The van der Waals surface area contributed by atoms with E-state index in [1.807, 2.05) is 6.07 Å². The van der Waals surface area contributed by atoms with E-state index in [1.165, 1.54) is 6.20 Å². The van der Waals surface area contributed by atoms with Gasteiger partial charge in [-0.2, -0.15) is 14.9 Å². The maximum Gasteiger partial charge on any atom is 0.262 e. The third-order valence-electron chi connectivity index (χ3n) is 5.86. The number of carbonyl (C=O) groups is 1. The lowest BCUT2D eigenvalue weighted by Crippen LogP contribution is -2.37. The zero-order valence-corrected chi connectivity index (χ0v) is 17.6. The summed E-state index contributed by atoms with van der Waals surface area (Å²) in [7, 11) is 0. The number of imidazole rings is 1. The summed E-state index contributed by atoms with van der Waals surface area (Å²) < 4.78 is 3.23. The van der Waals surface area contributed by atoms with Crippen molar-refractivity contribution in [2.45, 2.75) is 38.6 Å². The van der Waals surface area contributed by atoms with Crippen molar-refractivity contribution >= 4 is 17.4 Å². The average Bonchev–Trinajstić information content (AvgIpc) is 3.53. The van der Waals surface area contributed by atoms with Crippen molar-refractivity contribution in [1.29, 1.82) is 0 Å². The van der Waals surface area contributed by atoms with Gasteiger partial charge in [0.15, 0.2) is 5.65 Å². The Bertz CT molecular complexity index is 1180. The quantitative estimate of drug-likeness (QED) is 0.514. The molecule has 1 fully saturated rings. The number of anilines is 1. The number of likely N-dealkylation sites (tertiary alicyclic amines) is 1. The largest absolute Gasteiger partial charge is 0.329 e. The highest BCUT2D eigenvalue weighted by Gasteiger charge is 2.26. The van der Waals surface area contributed by atoms with E-state index in [0.717, 1.165) is 31.6 Å². The Hall–Kier alpha value is -3.53. The standard InChI is InChI=1S/C21H25N9O/c1-14(2)28-10-4-15(5-11-28)17-12-18(30(27-17)21-23-7-8-24-21)26-20(31)16-13-25-29-9-3-6-22-19(16)29/h3,6-9,12-15H,4-5,10-11H2,1-2H3,(H,23,24)(H,26,31). The van der Waals surface area contributed by atoms with Gasteiger partial charge < -0.3 is 15.2 Å². The maximum atomic E-state index is 13.0. The van der Waals surface area contributed by atoms with Crippen LogP contribution in [0, 0.1) is 0 Å². The van der Waals surface area contributed by atoms with Gasteiger partial charge in [-0.3, -0.25) is 4.79 Å². The first-order valence-corrected chi connectivity index (χ1v) is 10.5. The predicted molar refractivity (Wildman–Crippen MR) is 115 cm³/mol. The number of amides is 1. The molecule has 160 valence electrons. The fourth-order valence-electron chi connectivity index (χ4n) is 4.10. The normalized spacial score (nSPS) is 15.7. The van der Waals surface area contributed by atoms with Gasteiger partial charge in [0.1, 0.15) is 11.4 Å². The summed E-state index contributed by atoms with van der Waals surface area (Å²) in [5, 5.41) is 12.0. The second-order valence-corrected chi connectivity index (χ2v) is 8.08. The predicted octanol–water partition coefficient (Wildman–Crippen LogP) is 2.48. The first kappa shape index (κ1) is 19.4. The van der Waals surface area contributed by atoms with E-state index in [9.17, 15) is 4.79 Å². The Labute approximate surface area is 179 Å². The van der Waals surface area contributed by atoms with E-state index in [2.05, 4.69) is 44.1 Å². The van der Waals surface area contributed by atoms with E-state index in [4.69, 9.17) is 5.10 Å². The molecule has 1 saturated heterocycles. The number of hydrogen-bond donors (Lipinski definition) is 2. The lowest BCUT2D eigenvalue weighted by Gasteiger charge is -2.33. The molecular formula is C21H25N9O. The van der Waals surface area contributed by atoms with Crippen LogP contribution in [0.2, 0.25) is 0 Å². The zero-order valence-electron chi connectivity index (χ0n) is 17.6. The van der Waals surface area contributed by atoms with Crippen LogP contribution in [0.5, 0.6) is 0 Å². The van der Waals surface area contributed by atoms with Gasteiger partial charge >= 0.3 is 0 Å². The Morgan fingerprint density at radius 1 is 1.23 bits per heavy atom. The Morgan fingerprint density at radius 2 is 2.06 bits per heavy atom. The summed E-state index contributed by atoms with van der Waals surface area (Å²) in [6, 6.07) is 4.27. The van der Waals surface area contributed by atoms with Gasteiger partial charge in [0.25, 0.3) is 5.91 Å². The van der Waals surface area contributed by atoms with Crippen molar-refractivity contribution in [3.05, 3.63) is 54.4 Å². The maximum absolute atomic E-state index is 13.0. The first-order valence-electron chi connectivity index (χ1n) is 10.5. The van der Waals surface area contributed by atoms with Crippen molar-refractivity contribution in [2.24, 2.45) is 0 Å². The molecule has 1 amide bonds. The van der Waals surface area contributed by atoms with Crippen LogP contribution in [-0.2, 0) is 0 Å². The fraction of sp³-hybridized carbons (Fsp3) is 0.381. The van der Waals surface area contributed by atoms with Crippen LogP contribution in [0.25, 0.3) is 11.6 Å². The third-order valence-corrected chi connectivity index (χ3v) is 5.86. The number of rotatable bonds is 5. The van der Waals surface area contributed by atoms with E-state index < -0.39 is 0 Å². The lowest BCUT2D eigenvalue weighted by atomic mass is 9.93. The van der Waals surface area contributed by atoms with Crippen LogP contribution in [0.4, 0.5) is 5.82 Å². The molecule has 1 aliphatic rings. The van der Waals surface area contributed by atoms with Gasteiger partial charge in [0.2, 0.25) is 5.95 Å². The Balaban J connectivity index is 1.43. The lowest BCUT2D eigenvalue weighted by molar-refractivity contribution is 0.102. The molecule has 10 nitrogen and oxygen atoms in total. The molecule has 31 heavy (non-hydrogen) atoms. The molecule has 0 unspecified atom stereocenters. The van der Waals surface area contributed by atoms with E-state index in [0.29, 0.717) is 34.9 Å². The molecule has 0 aromatic carbocycles. The van der Waals surface area contributed by atoms with Crippen molar-refractivity contribution in [1.82, 2.24) is 39.2 Å². The van der Waals surface area contributed by atoms with Crippen LogP contribution >= 0.6 is 0 Å². The molecule has 0 spiro atoms. The number of fused-ring (bicyclic) bond motifs is 1. The summed E-state index contributed by atoms with van der Waals surface area (Å²) in [6.07, 6.45) is 10.4. The zero-order chi connectivity index (χ0) is 21.4. The molecule has 0 atom stereocenters. The molecule has 5 rings (SSSR count). The summed E-state index contributed by atoms with van der Waals surface area (Å²) in [5.74, 6) is 1.18. The van der Waals surface area contributed by atoms with Crippen LogP contribution in [0.1, 0.15) is 48.7 Å². The monoisotopic (exact) mass is 419 g/mol. The van der Waals surface area contributed by atoms with E-state index in [-0.39, 0.29) is 5.91 Å². The number of piperidine rings is 1. The number of nitrogens with zero attached hydrogens (tertiary/aromatic N) is 7. The highest BCUT2D eigenvalue weighted by Crippen LogP contribution is 2.30. The molecule has 10 heteroatoms. The van der Waals surface area contributed by atoms with Crippen molar-refractivity contribution in [3.63, 3.8) is 0 Å². The molecule has 0 bridgehead atoms. The molecule has 0 saturated carbocycles. The average molecular weight is 419 g/mol. The fourth-order valence-corrected chi connectivity index (χ4v) is 4.10. The third kappa shape index (κ3) is 3.70. The van der Waals surface area contributed by atoms with Crippen LogP contribution in [-0.4, -0.2) is 64.3 Å². The van der Waals surface area contributed by atoms with Gasteiger partial charge in [0, 0.05) is 42.8 Å². The number of aromatic nitrogens is 7.